The van der Waals surface area contributed by atoms with Crippen LogP contribution in [-0.4, -0.2) is 16.7 Å². The van der Waals surface area contributed by atoms with Gasteiger partial charge in [0, 0.05) is 18.0 Å². The molecule has 66 valence electrons. The Morgan fingerprint density at radius 1 is 1.46 bits per heavy atom. The van der Waals surface area contributed by atoms with Crippen LogP contribution >= 0.6 is 0 Å². The van der Waals surface area contributed by atoms with Gasteiger partial charge in [0.05, 0.1) is 11.8 Å². The van der Waals surface area contributed by atoms with E-state index in [1.54, 1.807) is 6.20 Å². The van der Waals surface area contributed by atoms with E-state index in [1.165, 1.54) is 0 Å². The van der Waals surface area contributed by atoms with Crippen molar-refractivity contribution in [1.29, 1.82) is 0 Å². The average molecular weight is 172 g/mol. The van der Waals surface area contributed by atoms with Crippen LogP contribution < -0.4 is 0 Å². The number of nitrogens with zero attached hydrogens (tertiary/aromatic N) is 2. The predicted molar refractivity (Wildman–Crippen MR) is 54.0 cm³/mol. The fourth-order valence-electron chi connectivity index (χ4n) is 1.39. The summed E-state index contributed by atoms with van der Waals surface area (Å²) in [5.41, 5.74) is 2.15. The summed E-state index contributed by atoms with van der Waals surface area (Å²) in [4.78, 5) is 8.61. The molecule has 13 heavy (non-hydrogen) atoms. The minimum Gasteiger partial charge on any atom is -0.281 e. The molecular formula is C11H12N2. The van der Waals surface area contributed by atoms with Crippen molar-refractivity contribution in [2.24, 2.45) is 4.99 Å². The Morgan fingerprint density at radius 2 is 2.38 bits per heavy atom. The second kappa shape index (κ2) is 3.52. The number of allylic oxidation sites excluding steroid dienone is 1. The van der Waals surface area contributed by atoms with Gasteiger partial charge in [-0.05, 0) is 31.6 Å². The Labute approximate surface area is 78.0 Å². The summed E-state index contributed by atoms with van der Waals surface area (Å²) in [6.07, 6.45) is 8.90. The summed E-state index contributed by atoms with van der Waals surface area (Å²) >= 11 is 0. The molecule has 0 saturated heterocycles. The molecule has 0 spiro atoms. The zero-order valence-electron chi connectivity index (χ0n) is 7.64. The molecule has 2 rings (SSSR count). The van der Waals surface area contributed by atoms with Crippen LogP contribution in [0.25, 0.3) is 0 Å². The van der Waals surface area contributed by atoms with Gasteiger partial charge in [-0.15, -0.1) is 0 Å². The lowest BCUT2D eigenvalue weighted by Crippen LogP contribution is -2.08. The van der Waals surface area contributed by atoms with Gasteiger partial charge in [-0.3, -0.25) is 9.98 Å². The van der Waals surface area contributed by atoms with E-state index in [-0.39, 0.29) is 0 Å². The molecule has 1 aliphatic rings. The molecule has 0 amide bonds. The minimum absolute atomic E-state index is 0.403. The molecule has 0 N–H and O–H groups in total. The first-order valence-electron chi connectivity index (χ1n) is 4.51. The van der Waals surface area contributed by atoms with Crippen LogP contribution in [0.3, 0.4) is 0 Å². The Morgan fingerprint density at radius 3 is 3.08 bits per heavy atom. The third-order valence-electron chi connectivity index (χ3n) is 2.07. The number of hydrogen-bond acceptors (Lipinski definition) is 2. The van der Waals surface area contributed by atoms with E-state index in [0.29, 0.717) is 6.04 Å². The Hall–Kier alpha value is -1.44. The molecule has 1 aromatic rings. The number of aliphatic imine (C=N–C) groups is 1. The van der Waals surface area contributed by atoms with Crippen molar-refractivity contribution in [3.63, 3.8) is 0 Å². The van der Waals surface area contributed by atoms with E-state index in [1.807, 2.05) is 18.3 Å². The lowest BCUT2D eigenvalue weighted by atomic mass is 10.1. The third kappa shape index (κ3) is 1.83. The average Bonchev–Trinajstić information content (AvgIpc) is 2.19. The van der Waals surface area contributed by atoms with Crippen molar-refractivity contribution in [2.45, 2.75) is 19.4 Å². The van der Waals surface area contributed by atoms with Gasteiger partial charge in [0.1, 0.15) is 0 Å². The van der Waals surface area contributed by atoms with Gasteiger partial charge in [0.15, 0.2) is 0 Å². The first kappa shape index (κ1) is 8.17. The molecule has 1 aromatic heterocycles. The molecular weight excluding hydrogens is 160 g/mol. The number of hydrogen-bond donors (Lipinski definition) is 0. The van der Waals surface area contributed by atoms with Crippen molar-refractivity contribution in [3.05, 3.63) is 42.2 Å². The first-order valence-corrected chi connectivity index (χ1v) is 4.51. The zero-order chi connectivity index (χ0) is 9.10. The van der Waals surface area contributed by atoms with Crippen LogP contribution in [-0.2, 0) is 0 Å². The predicted octanol–water partition coefficient (Wildman–Crippen LogP) is 2.22. The second-order valence-corrected chi connectivity index (χ2v) is 3.24. The summed E-state index contributed by atoms with van der Waals surface area (Å²) in [5.74, 6) is 0. The molecule has 1 unspecified atom stereocenters. The molecule has 0 aliphatic carbocycles. The molecule has 0 saturated carbocycles. The van der Waals surface area contributed by atoms with Gasteiger partial charge in [-0.25, -0.2) is 0 Å². The second-order valence-electron chi connectivity index (χ2n) is 3.24. The normalized spacial score (nSPS) is 21.3. The summed E-state index contributed by atoms with van der Waals surface area (Å²) in [6.45, 7) is 2.12. The van der Waals surface area contributed by atoms with Crippen LogP contribution in [0.2, 0.25) is 0 Å². The van der Waals surface area contributed by atoms with E-state index in [9.17, 15) is 0 Å². The van der Waals surface area contributed by atoms with Crippen molar-refractivity contribution in [1.82, 2.24) is 4.98 Å². The van der Waals surface area contributed by atoms with Gasteiger partial charge in [0.25, 0.3) is 0 Å². The van der Waals surface area contributed by atoms with Crippen molar-refractivity contribution >= 4 is 5.71 Å². The third-order valence-corrected chi connectivity index (χ3v) is 2.07. The van der Waals surface area contributed by atoms with Gasteiger partial charge in [0.2, 0.25) is 0 Å². The van der Waals surface area contributed by atoms with E-state index in [2.05, 4.69) is 29.1 Å². The van der Waals surface area contributed by atoms with Gasteiger partial charge in [-0.2, -0.15) is 0 Å². The fourth-order valence-corrected chi connectivity index (χ4v) is 1.39. The molecule has 2 nitrogen and oxygen atoms in total. The smallest absolute Gasteiger partial charge is 0.0662 e. The molecule has 0 aromatic carbocycles. The Kier molecular flexibility index (Phi) is 2.21. The van der Waals surface area contributed by atoms with Gasteiger partial charge >= 0.3 is 0 Å². The maximum atomic E-state index is 4.54. The van der Waals surface area contributed by atoms with Crippen LogP contribution in [0.15, 0.2) is 41.7 Å². The largest absolute Gasteiger partial charge is 0.281 e. The highest BCUT2D eigenvalue weighted by Gasteiger charge is 2.06. The van der Waals surface area contributed by atoms with Crippen molar-refractivity contribution < 1.29 is 0 Å². The number of dihydropyridines is 1. The van der Waals surface area contributed by atoms with E-state index in [4.69, 9.17) is 0 Å². The van der Waals surface area contributed by atoms with E-state index >= 15 is 0 Å². The molecule has 2 heterocycles. The first-order chi connectivity index (χ1) is 6.36. The Balaban J connectivity index is 2.32. The maximum absolute atomic E-state index is 4.54. The number of pyridine rings is 1. The minimum atomic E-state index is 0.403. The van der Waals surface area contributed by atoms with Crippen LogP contribution in [0.4, 0.5) is 0 Å². The molecule has 0 radical (unpaired) electrons. The lowest BCUT2D eigenvalue weighted by Gasteiger charge is -2.11. The van der Waals surface area contributed by atoms with E-state index < -0.39 is 0 Å². The molecule has 0 fully saturated rings. The van der Waals surface area contributed by atoms with Crippen molar-refractivity contribution in [2.75, 3.05) is 0 Å². The van der Waals surface area contributed by atoms with Crippen molar-refractivity contribution in [3.8, 4) is 0 Å². The van der Waals surface area contributed by atoms with Crippen LogP contribution in [0.5, 0.6) is 0 Å². The van der Waals surface area contributed by atoms with Gasteiger partial charge in [-0.1, -0.05) is 6.08 Å². The van der Waals surface area contributed by atoms with Crippen LogP contribution in [0.1, 0.15) is 18.9 Å². The molecule has 0 bridgehead atoms. The standard InChI is InChI=1S/C11H12N2/c1-9-4-2-6-11(13-9)10-5-3-7-12-8-10/h2-3,5-9H,4H2,1H3. The maximum Gasteiger partial charge on any atom is 0.0662 e. The fraction of sp³-hybridized carbons (Fsp3) is 0.273. The molecule has 1 aliphatic heterocycles. The lowest BCUT2D eigenvalue weighted by molar-refractivity contribution is 0.753. The highest BCUT2D eigenvalue weighted by molar-refractivity contribution is 6.08. The molecule has 2 heteroatoms. The zero-order valence-corrected chi connectivity index (χ0v) is 7.64. The Bertz CT molecular complexity index is 338. The molecule has 1 atom stereocenters. The van der Waals surface area contributed by atoms with E-state index in [0.717, 1.165) is 17.7 Å². The van der Waals surface area contributed by atoms with Crippen LogP contribution in [0, 0.1) is 0 Å². The quantitative estimate of drug-likeness (QED) is 0.637. The number of rotatable bonds is 1. The SMILES string of the molecule is CC1CC=CC(c2cccnc2)=N1. The topological polar surface area (TPSA) is 25.2 Å². The highest BCUT2D eigenvalue weighted by atomic mass is 14.8. The monoisotopic (exact) mass is 172 g/mol. The summed E-state index contributed by atoms with van der Waals surface area (Å²) < 4.78 is 0. The number of aromatic nitrogens is 1. The summed E-state index contributed by atoms with van der Waals surface area (Å²) in [7, 11) is 0. The highest BCUT2D eigenvalue weighted by Crippen LogP contribution is 2.10. The summed E-state index contributed by atoms with van der Waals surface area (Å²) in [6, 6.07) is 4.37. The summed E-state index contributed by atoms with van der Waals surface area (Å²) in [5, 5.41) is 0. The van der Waals surface area contributed by atoms with Gasteiger partial charge < -0.3 is 0 Å².